The predicted octanol–water partition coefficient (Wildman–Crippen LogP) is 3.24. The van der Waals surface area contributed by atoms with Crippen LogP contribution in [0.2, 0.25) is 0 Å². The second-order valence-electron chi connectivity index (χ2n) is 5.79. The summed E-state index contributed by atoms with van der Waals surface area (Å²) in [4.78, 5) is 12.3. The summed E-state index contributed by atoms with van der Waals surface area (Å²) in [5.74, 6) is 0.487. The highest BCUT2D eigenvalue weighted by Crippen LogP contribution is 2.30. The molecule has 142 valence electrons. The van der Waals surface area contributed by atoms with E-state index in [0.717, 1.165) is 23.1 Å². The van der Waals surface area contributed by atoms with E-state index in [-0.39, 0.29) is 21.7 Å². The zero-order chi connectivity index (χ0) is 19.4. The quantitative estimate of drug-likeness (QED) is 0.793. The van der Waals surface area contributed by atoms with Crippen molar-refractivity contribution in [2.75, 3.05) is 23.0 Å². The van der Waals surface area contributed by atoms with Crippen LogP contribution in [0.3, 0.4) is 0 Å². The molecule has 0 radical (unpaired) electrons. The maximum Gasteiger partial charge on any atom is 0.286 e. The summed E-state index contributed by atoms with van der Waals surface area (Å²) in [6, 6.07) is 12.0. The number of amides is 1. The van der Waals surface area contributed by atoms with Crippen molar-refractivity contribution in [2.24, 2.45) is 4.40 Å². The molecule has 0 aliphatic carbocycles. The smallest absolute Gasteiger partial charge is 0.286 e. The van der Waals surface area contributed by atoms with Crippen LogP contribution in [0.4, 0.5) is 11.4 Å². The van der Waals surface area contributed by atoms with E-state index in [1.807, 2.05) is 13.8 Å². The third-order valence-corrected chi connectivity index (χ3v) is 5.97. The van der Waals surface area contributed by atoms with Crippen LogP contribution in [0.15, 0.2) is 51.8 Å². The molecule has 2 aromatic carbocycles. The van der Waals surface area contributed by atoms with E-state index < -0.39 is 10.0 Å². The van der Waals surface area contributed by atoms with E-state index in [1.54, 1.807) is 36.4 Å². The number of aryl methyl sites for hydroxylation is 1. The summed E-state index contributed by atoms with van der Waals surface area (Å²) in [6.45, 7) is 4.34. The van der Waals surface area contributed by atoms with Gasteiger partial charge in [0, 0.05) is 5.69 Å². The van der Waals surface area contributed by atoms with Gasteiger partial charge in [-0.1, -0.05) is 17.8 Å². The topological polar surface area (TPSA) is 96.9 Å². The van der Waals surface area contributed by atoms with E-state index in [1.165, 1.54) is 6.07 Å². The van der Waals surface area contributed by atoms with Gasteiger partial charge in [-0.25, -0.2) is 0 Å². The molecule has 0 saturated carbocycles. The van der Waals surface area contributed by atoms with Gasteiger partial charge in [0.15, 0.2) is 5.17 Å². The first-order valence-corrected chi connectivity index (χ1v) is 10.7. The number of anilines is 2. The van der Waals surface area contributed by atoms with Gasteiger partial charge in [-0.15, -0.1) is 4.40 Å². The first-order chi connectivity index (χ1) is 12.9. The number of ether oxygens (including phenoxy) is 1. The molecule has 0 aromatic heterocycles. The van der Waals surface area contributed by atoms with E-state index in [9.17, 15) is 13.2 Å². The van der Waals surface area contributed by atoms with Gasteiger partial charge in [-0.3, -0.25) is 4.79 Å². The third kappa shape index (κ3) is 4.81. The Hall–Kier alpha value is -2.52. The van der Waals surface area contributed by atoms with Crippen LogP contribution in [-0.4, -0.2) is 31.9 Å². The van der Waals surface area contributed by atoms with Crippen LogP contribution in [0, 0.1) is 6.92 Å². The fraction of sp³-hybridized carbons (Fsp3) is 0.222. The van der Waals surface area contributed by atoms with Gasteiger partial charge in [0.25, 0.3) is 10.0 Å². The molecule has 2 aromatic rings. The lowest BCUT2D eigenvalue weighted by Gasteiger charge is -2.18. The fourth-order valence-corrected chi connectivity index (χ4v) is 4.47. The van der Waals surface area contributed by atoms with E-state index >= 15 is 0 Å². The number of benzene rings is 2. The number of amidine groups is 1. The summed E-state index contributed by atoms with van der Waals surface area (Å²) in [5.41, 5.74) is 2.03. The van der Waals surface area contributed by atoms with Crippen LogP contribution in [0.5, 0.6) is 5.75 Å². The van der Waals surface area contributed by atoms with Gasteiger partial charge < -0.3 is 15.4 Å². The number of nitrogens with zero attached hydrogens (tertiary/aromatic N) is 1. The van der Waals surface area contributed by atoms with Crippen molar-refractivity contribution in [2.45, 2.75) is 18.7 Å². The molecular formula is C18H19N3O4S2. The molecule has 0 atom stereocenters. The van der Waals surface area contributed by atoms with Crippen LogP contribution in [-0.2, 0) is 14.8 Å². The number of fused-ring (bicyclic) bond motifs is 1. The van der Waals surface area contributed by atoms with Gasteiger partial charge in [0.2, 0.25) is 5.91 Å². The van der Waals surface area contributed by atoms with Crippen LogP contribution in [0.1, 0.15) is 12.5 Å². The van der Waals surface area contributed by atoms with Crippen molar-refractivity contribution < 1.29 is 17.9 Å². The monoisotopic (exact) mass is 405 g/mol. The molecule has 0 spiro atoms. The van der Waals surface area contributed by atoms with Gasteiger partial charge >= 0.3 is 0 Å². The molecule has 0 fully saturated rings. The van der Waals surface area contributed by atoms with Crippen molar-refractivity contribution in [3.8, 4) is 5.75 Å². The zero-order valence-electron chi connectivity index (χ0n) is 14.9. The van der Waals surface area contributed by atoms with Crippen molar-refractivity contribution in [1.29, 1.82) is 0 Å². The van der Waals surface area contributed by atoms with Crippen LogP contribution in [0.25, 0.3) is 0 Å². The Morgan fingerprint density at radius 2 is 1.96 bits per heavy atom. The summed E-state index contributed by atoms with van der Waals surface area (Å²) in [6.07, 6.45) is 0. The number of carbonyl (C=O) groups is 1. The molecule has 0 saturated heterocycles. The number of sulfonamides is 1. The first-order valence-electron chi connectivity index (χ1n) is 8.25. The molecular weight excluding hydrogens is 386 g/mol. The van der Waals surface area contributed by atoms with Crippen molar-refractivity contribution >= 4 is 44.2 Å². The second-order valence-corrected chi connectivity index (χ2v) is 8.33. The first kappa shape index (κ1) is 19.2. The average Bonchev–Trinajstić information content (AvgIpc) is 2.61. The maximum absolute atomic E-state index is 12.3. The molecule has 1 aliphatic rings. The molecule has 0 bridgehead atoms. The lowest BCUT2D eigenvalue weighted by molar-refractivity contribution is -0.113. The highest BCUT2D eigenvalue weighted by molar-refractivity contribution is 8.15. The predicted molar refractivity (Wildman–Crippen MR) is 108 cm³/mol. The Labute approximate surface area is 162 Å². The standard InChI is InChI=1S/C18H19N3O4S2/c1-3-25-14-7-5-13(6-8-14)19-17(22)11-26-18-20-15-10-12(2)4-9-16(15)27(23,24)21-18/h4-10H,3,11H2,1-2H3,(H,19,22)(H,20,21). The fourth-order valence-electron chi connectivity index (χ4n) is 2.46. The zero-order valence-corrected chi connectivity index (χ0v) is 16.5. The summed E-state index contributed by atoms with van der Waals surface area (Å²) in [5, 5.41) is 5.90. The Balaban J connectivity index is 1.61. The Kier molecular flexibility index (Phi) is 5.71. The highest BCUT2D eigenvalue weighted by atomic mass is 32.2. The van der Waals surface area contributed by atoms with Gasteiger partial charge in [0.1, 0.15) is 10.6 Å². The summed E-state index contributed by atoms with van der Waals surface area (Å²) >= 11 is 1.03. The SMILES string of the molecule is CCOc1ccc(NC(=O)CSC2=NS(=O)(=O)c3ccc(C)cc3N2)cc1. The highest BCUT2D eigenvalue weighted by Gasteiger charge is 2.25. The molecule has 7 nitrogen and oxygen atoms in total. The molecule has 3 rings (SSSR count). The summed E-state index contributed by atoms with van der Waals surface area (Å²) in [7, 11) is -3.77. The minimum Gasteiger partial charge on any atom is -0.494 e. The van der Waals surface area contributed by atoms with Gasteiger partial charge in [0.05, 0.1) is 18.0 Å². The molecule has 1 heterocycles. The number of nitrogens with one attached hydrogen (secondary N) is 2. The number of thioether (sulfide) groups is 1. The van der Waals surface area contributed by atoms with Crippen molar-refractivity contribution in [1.82, 2.24) is 0 Å². The van der Waals surface area contributed by atoms with Crippen LogP contribution < -0.4 is 15.4 Å². The van der Waals surface area contributed by atoms with E-state index in [0.29, 0.717) is 18.0 Å². The number of rotatable bonds is 5. The molecule has 2 N–H and O–H groups in total. The van der Waals surface area contributed by atoms with Crippen molar-refractivity contribution in [3.63, 3.8) is 0 Å². The normalized spacial score (nSPS) is 14.5. The lowest BCUT2D eigenvalue weighted by atomic mass is 10.2. The van der Waals surface area contributed by atoms with Gasteiger partial charge in [-0.05, 0) is 55.8 Å². The molecule has 0 unspecified atom stereocenters. The summed E-state index contributed by atoms with van der Waals surface area (Å²) < 4.78 is 33.6. The van der Waals surface area contributed by atoms with E-state index in [2.05, 4.69) is 15.0 Å². The number of hydrogen-bond donors (Lipinski definition) is 2. The Morgan fingerprint density at radius 3 is 2.67 bits per heavy atom. The molecule has 1 aliphatic heterocycles. The van der Waals surface area contributed by atoms with E-state index in [4.69, 9.17) is 4.74 Å². The number of carbonyl (C=O) groups excluding carboxylic acids is 1. The molecule has 27 heavy (non-hydrogen) atoms. The minimum absolute atomic E-state index is 0.0235. The van der Waals surface area contributed by atoms with Gasteiger partial charge in [-0.2, -0.15) is 8.42 Å². The third-order valence-electron chi connectivity index (χ3n) is 3.65. The van der Waals surface area contributed by atoms with Crippen LogP contribution >= 0.6 is 11.8 Å². The minimum atomic E-state index is -3.77. The Morgan fingerprint density at radius 1 is 1.22 bits per heavy atom. The largest absolute Gasteiger partial charge is 0.494 e. The molecule has 9 heteroatoms. The number of hydrogen-bond acceptors (Lipinski definition) is 6. The van der Waals surface area contributed by atoms with Crippen molar-refractivity contribution in [3.05, 3.63) is 48.0 Å². The Bertz CT molecular complexity index is 986. The lowest BCUT2D eigenvalue weighted by Crippen LogP contribution is -2.22. The maximum atomic E-state index is 12.3. The molecule has 1 amide bonds. The average molecular weight is 406 g/mol. The second kappa shape index (κ2) is 8.01.